The van der Waals surface area contributed by atoms with Crippen molar-refractivity contribution in [1.82, 2.24) is 5.32 Å². The number of amides is 1. The average molecular weight is 251 g/mol. The molecule has 100 valence electrons. The van der Waals surface area contributed by atoms with Gasteiger partial charge in [0.05, 0.1) is 20.1 Å². The number of rotatable bonds is 6. The van der Waals surface area contributed by atoms with Gasteiger partial charge in [-0.25, -0.2) is 0 Å². The molecule has 0 saturated heterocycles. The molecule has 0 radical (unpaired) electrons. The molecule has 0 unspecified atom stereocenters. The first-order valence-electron chi connectivity index (χ1n) is 6.12. The summed E-state index contributed by atoms with van der Waals surface area (Å²) >= 11 is 0. The van der Waals surface area contributed by atoms with Gasteiger partial charge < -0.3 is 15.2 Å². The Labute approximate surface area is 108 Å². The van der Waals surface area contributed by atoms with Gasteiger partial charge in [0.2, 0.25) is 5.91 Å². The second kappa shape index (κ2) is 7.01. The van der Waals surface area contributed by atoms with E-state index < -0.39 is 0 Å². The van der Waals surface area contributed by atoms with Gasteiger partial charge in [0, 0.05) is 12.1 Å². The summed E-state index contributed by atoms with van der Waals surface area (Å²) in [6, 6.07) is 5.91. The number of aliphatic hydroxyl groups is 1. The number of benzene rings is 1. The molecule has 0 fully saturated rings. The molecular formula is C14H21NO3. The molecule has 18 heavy (non-hydrogen) atoms. The van der Waals surface area contributed by atoms with Gasteiger partial charge in [-0.3, -0.25) is 4.79 Å². The molecule has 0 bridgehead atoms. The number of ether oxygens (including phenoxy) is 1. The summed E-state index contributed by atoms with van der Waals surface area (Å²) in [7, 11) is 1.61. The minimum atomic E-state index is -0.111. The van der Waals surface area contributed by atoms with Gasteiger partial charge in [-0.05, 0) is 17.5 Å². The molecule has 0 aromatic heterocycles. The molecular weight excluding hydrogens is 230 g/mol. The first-order chi connectivity index (χ1) is 8.58. The Morgan fingerprint density at radius 2 is 2.17 bits per heavy atom. The van der Waals surface area contributed by atoms with Crippen molar-refractivity contribution in [2.45, 2.75) is 26.2 Å². The SMILES string of the molecule is COc1cc(C(C)C)ccc1CC(=O)NCCO. The number of methoxy groups -OCH3 is 1. The molecule has 1 rings (SSSR count). The lowest BCUT2D eigenvalue weighted by atomic mass is 9.99. The van der Waals surface area contributed by atoms with Crippen LogP contribution in [0.3, 0.4) is 0 Å². The van der Waals surface area contributed by atoms with Crippen molar-refractivity contribution in [1.29, 1.82) is 0 Å². The number of hydrogen-bond donors (Lipinski definition) is 2. The summed E-state index contributed by atoms with van der Waals surface area (Å²) in [4.78, 5) is 11.6. The number of aliphatic hydroxyl groups excluding tert-OH is 1. The zero-order valence-corrected chi connectivity index (χ0v) is 11.2. The van der Waals surface area contributed by atoms with Crippen LogP contribution in [0.2, 0.25) is 0 Å². The van der Waals surface area contributed by atoms with Crippen LogP contribution in [0.25, 0.3) is 0 Å². The Balaban J connectivity index is 2.79. The van der Waals surface area contributed by atoms with Crippen molar-refractivity contribution in [2.24, 2.45) is 0 Å². The third-order valence-corrected chi connectivity index (χ3v) is 2.76. The lowest BCUT2D eigenvalue weighted by Crippen LogP contribution is -2.27. The van der Waals surface area contributed by atoms with Crippen LogP contribution in [0.1, 0.15) is 30.9 Å². The summed E-state index contributed by atoms with van der Waals surface area (Å²) < 4.78 is 5.31. The predicted molar refractivity (Wildman–Crippen MR) is 70.9 cm³/mol. The van der Waals surface area contributed by atoms with E-state index >= 15 is 0 Å². The first-order valence-corrected chi connectivity index (χ1v) is 6.12. The van der Waals surface area contributed by atoms with Gasteiger partial charge in [-0.1, -0.05) is 26.0 Å². The molecule has 1 aromatic carbocycles. The molecule has 1 amide bonds. The predicted octanol–water partition coefficient (Wildman–Crippen LogP) is 1.47. The fourth-order valence-corrected chi connectivity index (χ4v) is 1.70. The van der Waals surface area contributed by atoms with Crippen LogP contribution in [-0.2, 0) is 11.2 Å². The fourth-order valence-electron chi connectivity index (χ4n) is 1.70. The van der Waals surface area contributed by atoms with E-state index in [4.69, 9.17) is 9.84 Å². The largest absolute Gasteiger partial charge is 0.496 e. The monoisotopic (exact) mass is 251 g/mol. The third kappa shape index (κ3) is 4.04. The zero-order chi connectivity index (χ0) is 13.5. The van der Waals surface area contributed by atoms with Gasteiger partial charge in [-0.2, -0.15) is 0 Å². The van der Waals surface area contributed by atoms with Crippen LogP contribution in [0, 0.1) is 0 Å². The van der Waals surface area contributed by atoms with E-state index in [0.29, 0.717) is 5.92 Å². The van der Waals surface area contributed by atoms with E-state index in [1.807, 2.05) is 18.2 Å². The maximum atomic E-state index is 11.6. The maximum Gasteiger partial charge on any atom is 0.224 e. The van der Waals surface area contributed by atoms with Crippen molar-refractivity contribution in [2.75, 3.05) is 20.3 Å². The first kappa shape index (κ1) is 14.5. The van der Waals surface area contributed by atoms with Gasteiger partial charge >= 0.3 is 0 Å². The Morgan fingerprint density at radius 3 is 2.72 bits per heavy atom. The Hall–Kier alpha value is -1.55. The quantitative estimate of drug-likeness (QED) is 0.805. The third-order valence-electron chi connectivity index (χ3n) is 2.76. The summed E-state index contributed by atoms with van der Waals surface area (Å²) in [5, 5.41) is 11.3. The summed E-state index contributed by atoms with van der Waals surface area (Å²) in [5.41, 5.74) is 2.05. The smallest absolute Gasteiger partial charge is 0.224 e. The van der Waals surface area contributed by atoms with Crippen molar-refractivity contribution < 1.29 is 14.6 Å². The topological polar surface area (TPSA) is 58.6 Å². The van der Waals surface area contributed by atoms with E-state index in [1.54, 1.807) is 7.11 Å². The lowest BCUT2D eigenvalue weighted by Gasteiger charge is -2.12. The van der Waals surface area contributed by atoms with E-state index in [1.165, 1.54) is 5.56 Å². The minimum Gasteiger partial charge on any atom is -0.496 e. The fraction of sp³-hybridized carbons (Fsp3) is 0.500. The molecule has 0 saturated carbocycles. The van der Waals surface area contributed by atoms with E-state index in [-0.39, 0.29) is 25.5 Å². The Morgan fingerprint density at radius 1 is 1.44 bits per heavy atom. The number of carbonyl (C=O) groups is 1. The van der Waals surface area contributed by atoms with Gasteiger partial charge in [0.25, 0.3) is 0 Å². The zero-order valence-electron chi connectivity index (χ0n) is 11.2. The molecule has 4 nitrogen and oxygen atoms in total. The number of hydrogen-bond acceptors (Lipinski definition) is 3. The lowest BCUT2D eigenvalue weighted by molar-refractivity contribution is -0.120. The highest BCUT2D eigenvalue weighted by Gasteiger charge is 2.10. The molecule has 4 heteroatoms. The summed E-state index contributed by atoms with van der Waals surface area (Å²) in [6.45, 7) is 4.46. The standard InChI is InChI=1S/C14H21NO3/c1-10(2)11-4-5-12(13(8-11)18-3)9-14(17)15-6-7-16/h4-5,8,10,16H,6-7,9H2,1-3H3,(H,15,17). The maximum absolute atomic E-state index is 11.6. The summed E-state index contributed by atoms with van der Waals surface area (Å²) in [6.07, 6.45) is 0.265. The highest BCUT2D eigenvalue weighted by molar-refractivity contribution is 5.79. The van der Waals surface area contributed by atoms with Gasteiger partial charge in [0.1, 0.15) is 5.75 Å². The van der Waals surface area contributed by atoms with Gasteiger partial charge in [0.15, 0.2) is 0 Å². The van der Waals surface area contributed by atoms with E-state index in [2.05, 4.69) is 19.2 Å². The number of carbonyl (C=O) groups excluding carboxylic acids is 1. The molecule has 0 spiro atoms. The molecule has 0 atom stereocenters. The van der Waals surface area contributed by atoms with Crippen LogP contribution in [0.15, 0.2) is 18.2 Å². The second-order valence-electron chi connectivity index (χ2n) is 4.48. The Kier molecular flexibility index (Phi) is 5.65. The molecule has 1 aromatic rings. The molecule has 2 N–H and O–H groups in total. The highest BCUT2D eigenvalue weighted by Crippen LogP contribution is 2.25. The van der Waals surface area contributed by atoms with Crippen molar-refractivity contribution >= 4 is 5.91 Å². The van der Waals surface area contributed by atoms with Crippen LogP contribution in [0.4, 0.5) is 0 Å². The minimum absolute atomic E-state index is 0.0465. The number of nitrogens with one attached hydrogen (secondary N) is 1. The second-order valence-corrected chi connectivity index (χ2v) is 4.48. The van der Waals surface area contributed by atoms with Gasteiger partial charge in [-0.15, -0.1) is 0 Å². The summed E-state index contributed by atoms with van der Waals surface area (Å²) in [5.74, 6) is 1.05. The Bertz CT molecular complexity index is 402. The van der Waals surface area contributed by atoms with Crippen molar-refractivity contribution in [3.05, 3.63) is 29.3 Å². The highest BCUT2D eigenvalue weighted by atomic mass is 16.5. The van der Waals surface area contributed by atoms with E-state index in [0.717, 1.165) is 11.3 Å². The van der Waals surface area contributed by atoms with Crippen molar-refractivity contribution in [3.8, 4) is 5.75 Å². The van der Waals surface area contributed by atoms with Crippen LogP contribution in [0.5, 0.6) is 5.75 Å². The average Bonchev–Trinajstić information content (AvgIpc) is 2.36. The van der Waals surface area contributed by atoms with E-state index in [9.17, 15) is 4.79 Å². The van der Waals surface area contributed by atoms with Crippen LogP contribution < -0.4 is 10.1 Å². The van der Waals surface area contributed by atoms with Crippen LogP contribution in [-0.4, -0.2) is 31.3 Å². The normalized spacial score (nSPS) is 10.5. The van der Waals surface area contributed by atoms with Crippen LogP contribution >= 0.6 is 0 Å². The molecule has 0 aliphatic rings. The molecule has 0 aliphatic heterocycles. The molecule has 0 heterocycles. The van der Waals surface area contributed by atoms with Crippen molar-refractivity contribution in [3.63, 3.8) is 0 Å². The molecule has 0 aliphatic carbocycles.